The fourth-order valence-electron chi connectivity index (χ4n) is 4.09. The maximum atomic E-state index is 14.0. The molecule has 1 atom stereocenters. The topological polar surface area (TPSA) is 96.0 Å². The average molecular weight is 586 g/mol. The molecular formula is C30H36ClN3O5S. The summed E-state index contributed by atoms with van der Waals surface area (Å²) in [7, 11) is -2.84. The minimum Gasteiger partial charge on any atom is -0.495 e. The second-order valence-corrected chi connectivity index (χ2v) is 12.3. The largest absolute Gasteiger partial charge is 0.495 e. The standard InChI is InChI=1S/C30H36ClN3O5S/c1-20(2)32-30(36)23(5)33(18-24-11-7-21(3)8-12-24)29(35)19-34(27-17-25(31)13-16-28(27)39-6)40(37,38)26-14-9-22(4)10-15-26/h7-17,20,23H,18-19H2,1-6H3,(H,32,36)/t23-/m1/s1. The molecule has 0 radical (unpaired) electrons. The van der Waals surface area contributed by atoms with Crippen LogP contribution in [0.15, 0.2) is 71.6 Å². The van der Waals surface area contributed by atoms with Gasteiger partial charge in [-0.2, -0.15) is 0 Å². The number of hydrogen-bond donors (Lipinski definition) is 1. The zero-order valence-electron chi connectivity index (χ0n) is 23.6. The first-order valence-electron chi connectivity index (χ1n) is 12.9. The fraction of sp³-hybridized carbons (Fsp3) is 0.333. The number of benzene rings is 3. The number of rotatable bonds is 11. The Morgan fingerprint density at radius 1 is 0.925 bits per heavy atom. The van der Waals surface area contributed by atoms with Gasteiger partial charge in [0.1, 0.15) is 18.3 Å². The van der Waals surface area contributed by atoms with Crippen molar-refractivity contribution < 1.29 is 22.7 Å². The number of nitrogens with zero attached hydrogens (tertiary/aromatic N) is 2. The van der Waals surface area contributed by atoms with E-state index in [1.54, 1.807) is 31.2 Å². The first kappa shape index (κ1) is 31.0. The summed E-state index contributed by atoms with van der Waals surface area (Å²) in [4.78, 5) is 28.4. The maximum absolute atomic E-state index is 14.0. The van der Waals surface area contributed by atoms with Gasteiger partial charge in [0.25, 0.3) is 10.0 Å². The van der Waals surface area contributed by atoms with Gasteiger partial charge in [-0.1, -0.05) is 59.1 Å². The average Bonchev–Trinajstić information content (AvgIpc) is 2.90. The summed E-state index contributed by atoms with van der Waals surface area (Å²) in [5.41, 5.74) is 2.85. The number of halogens is 1. The van der Waals surface area contributed by atoms with Crippen molar-refractivity contribution in [3.05, 3.63) is 88.4 Å². The van der Waals surface area contributed by atoms with Gasteiger partial charge >= 0.3 is 0 Å². The molecule has 0 heterocycles. The van der Waals surface area contributed by atoms with Crippen LogP contribution in [-0.4, -0.2) is 50.9 Å². The second-order valence-electron chi connectivity index (χ2n) is 9.99. The predicted molar refractivity (Wildman–Crippen MR) is 158 cm³/mol. The Morgan fingerprint density at radius 2 is 1.50 bits per heavy atom. The number of ether oxygens (including phenoxy) is 1. The molecule has 214 valence electrons. The van der Waals surface area contributed by atoms with Gasteiger partial charge in [-0.15, -0.1) is 0 Å². The first-order valence-corrected chi connectivity index (χ1v) is 14.7. The van der Waals surface area contributed by atoms with Crippen LogP contribution < -0.4 is 14.4 Å². The number of hydrogen-bond acceptors (Lipinski definition) is 5. The summed E-state index contributed by atoms with van der Waals surface area (Å²) in [6.07, 6.45) is 0. The van der Waals surface area contributed by atoms with E-state index in [1.165, 1.54) is 30.2 Å². The van der Waals surface area contributed by atoms with Crippen molar-refractivity contribution in [2.75, 3.05) is 18.0 Å². The van der Waals surface area contributed by atoms with Gasteiger partial charge in [0.05, 0.1) is 17.7 Å². The van der Waals surface area contributed by atoms with E-state index in [2.05, 4.69) is 5.32 Å². The molecule has 3 aromatic rings. The normalized spacial score (nSPS) is 12.1. The van der Waals surface area contributed by atoms with Gasteiger partial charge in [-0.25, -0.2) is 8.42 Å². The van der Waals surface area contributed by atoms with Gasteiger partial charge in [0.2, 0.25) is 11.8 Å². The number of amides is 2. The summed E-state index contributed by atoms with van der Waals surface area (Å²) >= 11 is 6.27. The van der Waals surface area contributed by atoms with Gasteiger partial charge < -0.3 is 15.0 Å². The molecule has 2 amide bonds. The zero-order valence-corrected chi connectivity index (χ0v) is 25.2. The summed E-state index contributed by atoms with van der Waals surface area (Å²) in [6.45, 7) is 8.62. The lowest BCUT2D eigenvalue weighted by atomic mass is 10.1. The number of aryl methyl sites for hydroxylation is 2. The van der Waals surface area contributed by atoms with E-state index in [4.69, 9.17) is 16.3 Å². The number of methoxy groups -OCH3 is 1. The van der Waals surface area contributed by atoms with Crippen LogP contribution >= 0.6 is 11.6 Å². The number of anilines is 1. The molecule has 0 bridgehead atoms. The summed E-state index contributed by atoms with van der Waals surface area (Å²) < 4.78 is 34.4. The van der Waals surface area contributed by atoms with E-state index in [0.717, 1.165) is 21.0 Å². The lowest BCUT2D eigenvalue weighted by Gasteiger charge is -2.32. The lowest BCUT2D eigenvalue weighted by molar-refractivity contribution is -0.139. The van der Waals surface area contributed by atoms with Crippen LogP contribution in [0.2, 0.25) is 5.02 Å². The Bertz CT molecular complexity index is 1440. The number of nitrogens with one attached hydrogen (secondary N) is 1. The van der Waals surface area contributed by atoms with E-state index in [0.29, 0.717) is 0 Å². The molecule has 0 saturated carbocycles. The highest BCUT2D eigenvalue weighted by atomic mass is 35.5. The third-order valence-electron chi connectivity index (χ3n) is 6.37. The van der Waals surface area contributed by atoms with Crippen molar-refractivity contribution in [1.82, 2.24) is 10.2 Å². The molecule has 3 aromatic carbocycles. The van der Waals surface area contributed by atoms with Gasteiger partial charge in [0.15, 0.2) is 0 Å². The molecule has 0 aliphatic rings. The van der Waals surface area contributed by atoms with Crippen molar-refractivity contribution in [3.8, 4) is 5.75 Å². The second kappa shape index (κ2) is 13.2. The molecule has 40 heavy (non-hydrogen) atoms. The highest BCUT2D eigenvalue weighted by Gasteiger charge is 2.34. The molecule has 0 aliphatic carbocycles. The third-order valence-corrected chi connectivity index (χ3v) is 8.38. The van der Waals surface area contributed by atoms with Crippen LogP contribution in [0.4, 0.5) is 5.69 Å². The molecule has 1 N–H and O–H groups in total. The van der Waals surface area contributed by atoms with Gasteiger partial charge in [-0.3, -0.25) is 13.9 Å². The maximum Gasteiger partial charge on any atom is 0.264 e. The molecule has 0 spiro atoms. The monoisotopic (exact) mass is 585 g/mol. The molecular weight excluding hydrogens is 550 g/mol. The smallest absolute Gasteiger partial charge is 0.264 e. The number of carbonyl (C=O) groups is 2. The van der Waals surface area contributed by atoms with Crippen molar-refractivity contribution in [1.29, 1.82) is 0 Å². The molecule has 8 nitrogen and oxygen atoms in total. The van der Waals surface area contributed by atoms with Crippen LogP contribution in [0.3, 0.4) is 0 Å². The summed E-state index contributed by atoms with van der Waals surface area (Å²) in [5.74, 6) is -0.683. The lowest BCUT2D eigenvalue weighted by Crippen LogP contribution is -2.52. The Morgan fingerprint density at radius 3 is 2.05 bits per heavy atom. The van der Waals surface area contributed by atoms with Crippen LogP contribution in [-0.2, 0) is 26.2 Å². The Kier molecular flexibility index (Phi) is 10.2. The molecule has 0 aromatic heterocycles. The van der Waals surface area contributed by atoms with Crippen LogP contribution in [0.5, 0.6) is 5.75 Å². The highest BCUT2D eigenvalue weighted by Crippen LogP contribution is 2.35. The fourth-order valence-corrected chi connectivity index (χ4v) is 5.67. The van der Waals surface area contributed by atoms with Gasteiger partial charge in [0, 0.05) is 17.6 Å². The van der Waals surface area contributed by atoms with Crippen molar-refractivity contribution in [2.24, 2.45) is 0 Å². The SMILES string of the molecule is COc1ccc(Cl)cc1N(CC(=O)N(Cc1ccc(C)cc1)[C@H](C)C(=O)NC(C)C)S(=O)(=O)c1ccc(C)cc1. The van der Waals surface area contributed by atoms with E-state index in [-0.39, 0.29) is 39.8 Å². The minimum absolute atomic E-state index is 0.00334. The predicted octanol–water partition coefficient (Wildman–Crippen LogP) is 5.10. The molecule has 0 aliphatic heterocycles. The van der Waals surface area contributed by atoms with Crippen LogP contribution in [0.1, 0.15) is 37.5 Å². The van der Waals surface area contributed by atoms with E-state index in [9.17, 15) is 18.0 Å². The third kappa shape index (κ3) is 7.55. The minimum atomic E-state index is -4.25. The number of sulfonamides is 1. The Balaban J connectivity index is 2.10. The molecule has 3 rings (SSSR count). The summed E-state index contributed by atoms with van der Waals surface area (Å²) in [6, 6.07) is 17.5. The van der Waals surface area contributed by atoms with E-state index < -0.39 is 28.5 Å². The first-order chi connectivity index (χ1) is 18.8. The van der Waals surface area contributed by atoms with Crippen molar-refractivity contribution in [2.45, 2.75) is 58.1 Å². The van der Waals surface area contributed by atoms with Crippen LogP contribution in [0, 0.1) is 13.8 Å². The van der Waals surface area contributed by atoms with Crippen molar-refractivity contribution >= 4 is 39.1 Å². The highest BCUT2D eigenvalue weighted by molar-refractivity contribution is 7.92. The van der Waals surface area contributed by atoms with Crippen molar-refractivity contribution in [3.63, 3.8) is 0 Å². The van der Waals surface area contributed by atoms with Gasteiger partial charge in [-0.05, 0) is 70.5 Å². The summed E-state index contributed by atoms with van der Waals surface area (Å²) in [5, 5.41) is 3.11. The Labute approximate surface area is 241 Å². The molecule has 10 heteroatoms. The zero-order chi connectivity index (χ0) is 29.6. The molecule has 0 fully saturated rings. The van der Waals surface area contributed by atoms with E-state index >= 15 is 0 Å². The van der Waals surface area contributed by atoms with E-state index in [1.807, 2.05) is 52.0 Å². The molecule has 0 unspecified atom stereocenters. The van der Waals surface area contributed by atoms with Crippen LogP contribution in [0.25, 0.3) is 0 Å². The quantitative estimate of drug-likeness (QED) is 0.338. The molecule has 0 saturated heterocycles. The Hall–Kier alpha value is -3.56. The number of carbonyl (C=O) groups excluding carboxylic acids is 2.